The molecule has 4 aliphatic carbocycles. The van der Waals surface area contributed by atoms with Crippen LogP contribution in [-0.2, 0) is 38.3 Å². The first-order chi connectivity index (χ1) is 28.5. The highest BCUT2D eigenvalue weighted by molar-refractivity contribution is 5.85. The van der Waals surface area contributed by atoms with E-state index in [0.717, 1.165) is 63.4 Å². The summed E-state index contributed by atoms with van der Waals surface area (Å²) < 4.78 is 24.3. The Balaban J connectivity index is 1.21. The lowest BCUT2D eigenvalue weighted by Crippen LogP contribution is -2.59. The molecule has 5 aromatic rings. The lowest BCUT2D eigenvalue weighted by atomic mass is 9.40. The molecular weight excluding hydrogens is 745 g/mol. The molecule has 2 saturated carbocycles. The molecule has 0 aromatic heterocycles. The summed E-state index contributed by atoms with van der Waals surface area (Å²) in [6, 6.07) is 28.8. The van der Waals surface area contributed by atoms with E-state index in [9.17, 15) is 24.9 Å². The largest absolute Gasteiger partial charge is 0.508 e. The van der Waals surface area contributed by atoms with Crippen LogP contribution in [0.2, 0.25) is 0 Å². The molecule has 304 valence electrons. The smallest absolute Gasteiger partial charge is 0.310 e. The van der Waals surface area contributed by atoms with Crippen LogP contribution in [0.25, 0.3) is 16.8 Å². The van der Waals surface area contributed by atoms with Gasteiger partial charge in [0.2, 0.25) is 0 Å². The minimum absolute atomic E-state index is 0.00168. The van der Waals surface area contributed by atoms with Gasteiger partial charge in [0.1, 0.15) is 18.0 Å². The van der Waals surface area contributed by atoms with Crippen molar-refractivity contribution in [2.75, 3.05) is 14.2 Å². The number of esters is 2. The van der Waals surface area contributed by atoms with Crippen molar-refractivity contribution in [1.29, 1.82) is 0 Å². The number of phenolic OH excluding ortho intramolecular Hbond substituents is 3. The van der Waals surface area contributed by atoms with Gasteiger partial charge in [-0.2, -0.15) is 0 Å². The summed E-state index contributed by atoms with van der Waals surface area (Å²) in [6.07, 6.45) is 7.27. The van der Waals surface area contributed by atoms with E-state index in [0.29, 0.717) is 30.8 Å². The van der Waals surface area contributed by atoms with Gasteiger partial charge in [0.05, 0.1) is 20.6 Å². The number of hydrogen-bond acceptors (Lipinski definition) is 9. The Bertz CT molecular complexity index is 2460. The number of aromatic hydroxyl groups is 3. The van der Waals surface area contributed by atoms with E-state index in [1.807, 2.05) is 66.7 Å². The van der Waals surface area contributed by atoms with Crippen molar-refractivity contribution in [2.24, 2.45) is 23.2 Å². The van der Waals surface area contributed by atoms with Crippen LogP contribution in [0.1, 0.15) is 77.8 Å². The van der Waals surface area contributed by atoms with E-state index in [-0.39, 0.29) is 59.2 Å². The van der Waals surface area contributed by atoms with Crippen LogP contribution in [0.5, 0.6) is 28.7 Å². The van der Waals surface area contributed by atoms with Crippen LogP contribution < -0.4 is 9.47 Å². The van der Waals surface area contributed by atoms with Gasteiger partial charge >= 0.3 is 11.9 Å². The van der Waals surface area contributed by atoms with Crippen LogP contribution in [-0.4, -0.2) is 53.7 Å². The molecule has 2 fully saturated rings. The van der Waals surface area contributed by atoms with Gasteiger partial charge < -0.3 is 34.3 Å². The van der Waals surface area contributed by atoms with Crippen molar-refractivity contribution in [3.8, 4) is 28.7 Å². The Labute approximate surface area is 344 Å². The summed E-state index contributed by atoms with van der Waals surface area (Å²) in [7, 11) is 3.11. The zero-order valence-electron chi connectivity index (χ0n) is 33.6. The molecule has 0 bridgehead atoms. The third-order valence-electron chi connectivity index (χ3n) is 13.8. The Hall–Kier alpha value is -5.96. The number of phenols is 3. The molecule has 0 amide bonds. The summed E-state index contributed by atoms with van der Waals surface area (Å²) in [5.74, 6) is 0.193. The first-order valence-electron chi connectivity index (χ1n) is 20.7. The molecule has 4 aliphatic rings. The topological polar surface area (TPSA) is 132 Å². The Morgan fingerprint density at radius 3 is 2.27 bits per heavy atom. The maximum atomic E-state index is 14.1. The second-order valence-corrected chi connectivity index (χ2v) is 17.0. The molecule has 0 radical (unpaired) electrons. The molecule has 9 heteroatoms. The van der Waals surface area contributed by atoms with Crippen molar-refractivity contribution in [2.45, 2.75) is 75.9 Å². The Morgan fingerprint density at radius 1 is 0.763 bits per heavy atom. The average molecular weight is 795 g/mol. The Morgan fingerprint density at radius 2 is 1.49 bits per heavy atom. The van der Waals surface area contributed by atoms with Crippen LogP contribution in [0.15, 0.2) is 97.1 Å². The van der Waals surface area contributed by atoms with Crippen LogP contribution in [0.3, 0.4) is 0 Å². The number of carbonyl (C=O) groups excluding carboxylic acids is 2. The molecule has 0 aliphatic heterocycles. The third-order valence-corrected chi connectivity index (χ3v) is 13.8. The molecule has 9 nitrogen and oxygen atoms in total. The van der Waals surface area contributed by atoms with Gasteiger partial charge in [-0.15, -0.1) is 0 Å². The number of benzene rings is 5. The fourth-order valence-corrected chi connectivity index (χ4v) is 11.7. The summed E-state index contributed by atoms with van der Waals surface area (Å²) in [5.41, 5.74) is 5.55. The zero-order valence-corrected chi connectivity index (χ0v) is 33.6. The number of methoxy groups -OCH3 is 2. The standard InChI is InChI=1S/C50H50O9/c1-28(51)58-45-25-37(59-48(55)18-30-9-10-32-20-36(52)13-11-31(32)17-30)24-40-38-27-47(57-3)43(53)22-34(38)19-33-12-14-41-39-26-44(54)46(56-2)23-35(39)21-42(45)50(41,49(33)40)16-15-29-7-5-4-6-8-29/h4-11,13,15-17,20,22-23,26-27,33,37,40-42,45,49,52-54H,12,14,18-19,21,24-25H2,1-3H3. The van der Waals surface area contributed by atoms with Gasteiger partial charge in [-0.1, -0.05) is 66.7 Å². The van der Waals surface area contributed by atoms with E-state index < -0.39 is 23.6 Å². The van der Waals surface area contributed by atoms with Crippen LogP contribution in [0.4, 0.5) is 0 Å². The maximum Gasteiger partial charge on any atom is 0.310 e. The maximum absolute atomic E-state index is 14.1. The second-order valence-electron chi connectivity index (χ2n) is 17.0. The normalized spacial score (nSPS) is 26.7. The summed E-state index contributed by atoms with van der Waals surface area (Å²) >= 11 is 0. The van der Waals surface area contributed by atoms with Crippen molar-refractivity contribution in [1.82, 2.24) is 0 Å². The minimum Gasteiger partial charge on any atom is -0.508 e. The predicted octanol–water partition coefficient (Wildman–Crippen LogP) is 9.18. The lowest BCUT2D eigenvalue weighted by molar-refractivity contribution is -0.169. The molecule has 59 heavy (non-hydrogen) atoms. The first-order valence-corrected chi connectivity index (χ1v) is 20.7. The number of allylic oxidation sites excluding steroid dienone is 1. The molecule has 3 N–H and O–H groups in total. The van der Waals surface area contributed by atoms with Crippen molar-refractivity contribution >= 4 is 28.8 Å². The molecule has 0 saturated heterocycles. The Kier molecular flexibility index (Phi) is 10.0. The average Bonchev–Trinajstić information content (AvgIpc) is 3.21. The van der Waals surface area contributed by atoms with Gasteiger partial charge in [0.25, 0.3) is 0 Å². The first kappa shape index (κ1) is 38.6. The van der Waals surface area contributed by atoms with Crippen LogP contribution >= 0.6 is 0 Å². The van der Waals surface area contributed by atoms with E-state index in [1.165, 1.54) is 6.92 Å². The van der Waals surface area contributed by atoms with E-state index in [1.54, 1.807) is 26.4 Å². The van der Waals surface area contributed by atoms with Crippen molar-refractivity contribution < 1.29 is 43.9 Å². The van der Waals surface area contributed by atoms with Gasteiger partial charge in [0, 0.05) is 24.7 Å². The lowest BCUT2D eigenvalue weighted by Gasteiger charge is -2.64. The SMILES string of the molecule is COc1cc2c(cc1O)C1CCC3Cc4cc(O)c(OC)cc4C4CC(OC(=O)Cc5ccc6cc(O)ccc6c5)CC(OC(C)=O)C(C2)C1(C=Cc1ccccc1)C34. The quantitative estimate of drug-likeness (QED) is 0.132. The van der Waals surface area contributed by atoms with Crippen LogP contribution in [0, 0.1) is 23.2 Å². The fourth-order valence-electron chi connectivity index (χ4n) is 11.7. The molecule has 8 unspecified atom stereocenters. The monoisotopic (exact) mass is 794 g/mol. The zero-order chi connectivity index (χ0) is 41.0. The number of rotatable bonds is 8. The molecule has 9 rings (SSSR count). The third kappa shape index (κ3) is 6.94. The number of ether oxygens (including phenoxy) is 4. The molecule has 0 heterocycles. The van der Waals surface area contributed by atoms with Gasteiger partial charge in [0.15, 0.2) is 23.0 Å². The minimum atomic E-state index is -0.607. The summed E-state index contributed by atoms with van der Waals surface area (Å²) in [6.45, 7) is 1.45. The van der Waals surface area contributed by atoms with Crippen molar-refractivity contribution in [3.05, 3.63) is 130 Å². The highest BCUT2D eigenvalue weighted by atomic mass is 16.6. The molecule has 0 spiro atoms. The van der Waals surface area contributed by atoms with E-state index >= 15 is 0 Å². The highest BCUT2D eigenvalue weighted by Crippen LogP contribution is 2.69. The molecule has 8 atom stereocenters. The van der Waals surface area contributed by atoms with Gasteiger partial charge in [-0.05, 0) is 136 Å². The van der Waals surface area contributed by atoms with E-state index in [2.05, 4.69) is 24.3 Å². The van der Waals surface area contributed by atoms with E-state index in [4.69, 9.17) is 18.9 Å². The highest BCUT2D eigenvalue weighted by Gasteiger charge is 2.63. The summed E-state index contributed by atoms with van der Waals surface area (Å²) in [4.78, 5) is 27.3. The van der Waals surface area contributed by atoms with Crippen molar-refractivity contribution in [3.63, 3.8) is 0 Å². The second kappa shape index (κ2) is 15.3. The number of fused-ring (bicyclic) bond motifs is 5. The van der Waals surface area contributed by atoms with Gasteiger partial charge in [-0.25, -0.2) is 0 Å². The fraction of sp³-hybridized carbons (Fsp3) is 0.360. The number of hydrogen-bond donors (Lipinski definition) is 3. The molecular formula is C50H50O9. The predicted molar refractivity (Wildman–Crippen MR) is 224 cm³/mol. The number of carbonyl (C=O) groups is 2. The molecule has 5 aromatic carbocycles. The summed E-state index contributed by atoms with van der Waals surface area (Å²) in [5, 5.41) is 34.1. The van der Waals surface area contributed by atoms with Gasteiger partial charge in [-0.3, -0.25) is 9.59 Å².